The molecule has 3 aromatic rings. The van der Waals surface area contributed by atoms with E-state index in [-0.39, 0.29) is 12.8 Å². The first-order chi connectivity index (χ1) is 11.7. The molecule has 1 heterocycles. The van der Waals surface area contributed by atoms with Crippen LogP contribution in [0.5, 0.6) is 0 Å². The van der Waals surface area contributed by atoms with E-state index in [2.05, 4.69) is 4.98 Å². The molecule has 0 radical (unpaired) electrons. The maximum Gasteiger partial charge on any atom is 0.303 e. The molecular weight excluding hydrogens is 302 g/mol. The Balaban J connectivity index is 0.00000100. The number of aliphatic carboxylic acids is 1. The van der Waals surface area contributed by atoms with Gasteiger partial charge in [0.15, 0.2) is 11.7 Å². The average Bonchev–Trinajstić information content (AvgIpc) is 3.07. The third-order valence-corrected chi connectivity index (χ3v) is 3.31. The molecule has 4 nitrogen and oxygen atoms in total. The van der Waals surface area contributed by atoms with Gasteiger partial charge < -0.3 is 9.52 Å². The second-order valence-electron chi connectivity index (χ2n) is 4.91. The van der Waals surface area contributed by atoms with Crippen LogP contribution in [0.4, 0.5) is 0 Å². The maximum absolute atomic E-state index is 10.7. The molecule has 0 atom stereocenters. The van der Waals surface area contributed by atoms with Crippen molar-refractivity contribution in [2.75, 3.05) is 0 Å². The molecule has 0 aliphatic carbocycles. The van der Waals surface area contributed by atoms with Crippen molar-refractivity contribution in [1.82, 2.24) is 4.98 Å². The third kappa shape index (κ3) is 4.32. The van der Waals surface area contributed by atoms with Gasteiger partial charge in [-0.3, -0.25) is 4.79 Å². The average molecular weight is 323 g/mol. The van der Waals surface area contributed by atoms with Gasteiger partial charge in [-0.15, -0.1) is 0 Å². The summed E-state index contributed by atoms with van der Waals surface area (Å²) in [6.07, 6.45) is 0.283. The summed E-state index contributed by atoms with van der Waals surface area (Å²) >= 11 is 0. The lowest BCUT2D eigenvalue weighted by Gasteiger charge is -2.00. The monoisotopic (exact) mass is 323 g/mol. The zero-order chi connectivity index (χ0) is 17.4. The van der Waals surface area contributed by atoms with Crippen molar-refractivity contribution < 1.29 is 14.3 Å². The number of carboxylic acids is 1. The minimum absolute atomic E-state index is 0.00295. The number of nitrogens with zero attached hydrogens (tertiary/aromatic N) is 1. The number of hydrogen-bond acceptors (Lipinski definition) is 3. The fourth-order valence-electron chi connectivity index (χ4n) is 2.26. The molecular formula is C20H21NO3. The summed E-state index contributed by atoms with van der Waals surface area (Å²) in [5, 5.41) is 8.82. The molecule has 0 aliphatic heterocycles. The van der Waals surface area contributed by atoms with Crippen molar-refractivity contribution in [1.29, 1.82) is 0 Å². The van der Waals surface area contributed by atoms with Crippen molar-refractivity contribution in [3.63, 3.8) is 0 Å². The van der Waals surface area contributed by atoms with E-state index in [1.807, 2.05) is 74.5 Å². The molecule has 1 aromatic heterocycles. The molecule has 0 saturated heterocycles. The summed E-state index contributed by atoms with van der Waals surface area (Å²) in [4.78, 5) is 15.2. The van der Waals surface area contributed by atoms with E-state index in [1.54, 1.807) is 0 Å². The molecule has 1 N–H and O–H groups in total. The molecule has 3 rings (SSSR count). The Bertz CT molecular complexity index is 707. The highest BCUT2D eigenvalue weighted by Gasteiger charge is 2.17. The first kappa shape index (κ1) is 17.5. The standard InChI is InChI=1S/C18H15NO3.C2H6/c20-16(21)12-11-15-19-17(13-7-3-1-4-8-13)18(22-15)14-9-5-2-6-10-14;1-2/h1-10H,11-12H2,(H,20,21);1-2H3. The van der Waals surface area contributed by atoms with Gasteiger partial charge in [0.1, 0.15) is 5.69 Å². The van der Waals surface area contributed by atoms with Crippen LogP contribution >= 0.6 is 0 Å². The normalized spacial score (nSPS) is 9.92. The van der Waals surface area contributed by atoms with Gasteiger partial charge in [-0.05, 0) is 0 Å². The quantitative estimate of drug-likeness (QED) is 0.713. The summed E-state index contributed by atoms with van der Waals surface area (Å²) in [6, 6.07) is 19.5. The molecule has 0 unspecified atom stereocenters. The van der Waals surface area contributed by atoms with Crippen LogP contribution in [0.25, 0.3) is 22.6 Å². The molecule has 24 heavy (non-hydrogen) atoms. The van der Waals surface area contributed by atoms with E-state index in [1.165, 1.54) is 0 Å². The number of hydrogen-bond donors (Lipinski definition) is 1. The second-order valence-corrected chi connectivity index (χ2v) is 4.91. The molecule has 124 valence electrons. The van der Waals surface area contributed by atoms with Crippen LogP contribution < -0.4 is 0 Å². The van der Waals surface area contributed by atoms with Crippen molar-refractivity contribution in [2.45, 2.75) is 26.7 Å². The molecule has 4 heteroatoms. The van der Waals surface area contributed by atoms with E-state index in [0.717, 1.165) is 16.8 Å². The van der Waals surface area contributed by atoms with E-state index in [0.29, 0.717) is 11.7 Å². The Morgan fingerprint density at radius 1 is 0.958 bits per heavy atom. The minimum atomic E-state index is -0.860. The molecule has 0 saturated carbocycles. The highest BCUT2D eigenvalue weighted by Crippen LogP contribution is 2.32. The topological polar surface area (TPSA) is 63.3 Å². The molecule has 0 bridgehead atoms. The lowest BCUT2D eigenvalue weighted by atomic mass is 10.1. The lowest BCUT2D eigenvalue weighted by molar-refractivity contribution is -0.137. The maximum atomic E-state index is 10.7. The van der Waals surface area contributed by atoms with Crippen molar-refractivity contribution >= 4 is 5.97 Å². The van der Waals surface area contributed by atoms with E-state index >= 15 is 0 Å². The third-order valence-electron chi connectivity index (χ3n) is 3.31. The summed E-state index contributed by atoms with van der Waals surface area (Å²) in [6.45, 7) is 4.00. The van der Waals surface area contributed by atoms with Crippen molar-refractivity contribution in [2.24, 2.45) is 0 Å². The van der Waals surface area contributed by atoms with E-state index in [4.69, 9.17) is 9.52 Å². The number of rotatable bonds is 5. The number of aryl methyl sites for hydroxylation is 1. The van der Waals surface area contributed by atoms with E-state index in [9.17, 15) is 4.79 Å². The summed E-state index contributed by atoms with van der Waals surface area (Å²) < 4.78 is 5.83. The summed E-state index contributed by atoms with van der Waals surface area (Å²) in [5.74, 6) is 0.257. The number of benzene rings is 2. The summed E-state index contributed by atoms with van der Waals surface area (Å²) in [7, 11) is 0. The van der Waals surface area contributed by atoms with Crippen LogP contribution in [0.3, 0.4) is 0 Å². The second kappa shape index (κ2) is 8.67. The van der Waals surface area contributed by atoms with Crippen LogP contribution in [0, 0.1) is 0 Å². The number of oxazole rings is 1. The minimum Gasteiger partial charge on any atom is -0.481 e. The molecule has 0 spiro atoms. The Labute approximate surface area is 141 Å². The van der Waals surface area contributed by atoms with Crippen LogP contribution in [0.15, 0.2) is 65.1 Å². The summed E-state index contributed by atoms with van der Waals surface area (Å²) in [5.41, 5.74) is 2.62. The first-order valence-corrected chi connectivity index (χ1v) is 8.06. The fourth-order valence-corrected chi connectivity index (χ4v) is 2.26. The Hall–Kier alpha value is -2.88. The Kier molecular flexibility index (Phi) is 6.32. The van der Waals surface area contributed by atoms with Crippen LogP contribution in [-0.2, 0) is 11.2 Å². The first-order valence-electron chi connectivity index (χ1n) is 8.06. The van der Waals surface area contributed by atoms with Gasteiger partial charge in [0.05, 0.1) is 6.42 Å². The zero-order valence-corrected chi connectivity index (χ0v) is 13.9. The molecule has 0 fully saturated rings. The van der Waals surface area contributed by atoms with Gasteiger partial charge in [0.25, 0.3) is 0 Å². The number of aromatic nitrogens is 1. The van der Waals surface area contributed by atoms with Gasteiger partial charge in [-0.25, -0.2) is 4.98 Å². The lowest BCUT2D eigenvalue weighted by Crippen LogP contribution is -1.97. The highest BCUT2D eigenvalue weighted by atomic mass is 16.4. The van der Waals surface area contributed by atoms with Crippen LogP contribution in [-0.4, -0.2) is 16.1 Å². The Morgan fingerprint density at radius 2 is 1.50 bits per heavy atom. The number of carboxylic acid groups (broad SMARTS) is 1. The predicted molar refractivity (Wildman–Crippen MR) is 94.7 cm³/mol. The fraction of sp³-hybridized carbons (Fsp3) is 0.200. The van der Waals surface area contributed by atoms with Gasteiger partial charge in [0.2, 0.25) is 0 Å². The predicted octanol–water partition coefficient (Wildman–Crippen LogP) is 5.05. The van der Waals surface area contributed by atoms with Crippen molar-refractivity contribution in [3.8, 4) is 22.6 Å². The number of carbonyl (C=O) groups is 1. The van der Waals surface area contributed by atoms with E-state index < -0.39 is 5.97 Å². The van der Waals surface area contributed by atoms with Gasteiger partial charge in [-0.2, -0.15) is 0 Å². The van der Waals surface area contributed by atoms with Gasteiger partial charge in [0, 0.05) is 17.5 Å². The van der Waals surface area contributed by atoms with Crippen LogP contribution in [0.2, 0.25) is 0 Å². The molecule has 0 amide bonds. The van der Waals surface area contributed by atoms with Gasteiger partial charge in [-0.1, -0.05) is 74.5 Å². The largest absolute Gasteiger partial charge is 0.481 e. The van der Waals surface area contributed by atoms with Gasteiger partial charge >= 0.3 is 5.97 Å². The van der Waals surface area contributed by atoms with Crippen molar-refractivity contribution in [3.05, 3.63) is 66.6 Å². The smallest absolute Gasteiger partial charge is 0.303 e. The molecule has 0 aliphatic rings. The Morgan fingerprint density at radius 3 is 2.04 bits per heavy atom. The zero-order valence-electron chi connectivity index (χ0n) is 13.9. The SMILES string of the molecule is CC.O=C(O)CCc1nc(-c2ccccc2)c(-c2ccccc2)o1. The van der Waals surface area contributed by atoms with Crippen LogP contribution in [0.1, 0.15) is 26.2 Å². The highest BCUT2D eigenvalue weighted by molar-refractivity contribution is 5.76. The molecule has 2 aromatic carbocycles.